The van der Waals surface area contributed by atoms with Crippen LogP contribution in [-0.4, -0.2) is 15.3 Å². The van der Waals surface area contributed by atoms with Gasteiger partial charge in [0, 0.05) is 30.3 Å². The minimum absolute atomic E-state index is 0.0573. The zero-order chi connectivity index (χ0) is 14.5. The lowest BCUT2D eigenvalue weighted by molar-refractivity contribution is 0.0978. The molecule has 0 aliphatic heterocycles. The van der Waals surface area contributed by atoms with Gasteiger partial charge >= 0.3 is 0 Å². The highest BCUT2D eigenvalue weighted by Gasteiger charge is 2.06. The smallest absolute Gasteiger partial charge is 0.253 e. The van der Waals surface area contributed by atoms with Gasteiger partial charge in [-0.1, -0.05) is 0 Å². The molecule has 0 bridgehead atoms. The Labute approximate surface area is 115 Å². The van der Waals surface area contributed by atoms with Crippen molar-refractivity contribution in [1.82, 2.24) is 9.55 Å². The summed E-state index contributed by atoms with van der Waals surface area (Å²) in [4.78, 5) is 27.5. The number of rotatable bonds is 5. The maximum atomic E-state index is 12.7. The fourth-order valence-corrected chi connectivity index (χ4v) is 1.87. The van der Waals surface area contributed by atoms with Crippen molar-refractivity contribution in [3.8, 4) is 0 Å². The van der Waals surface area contributed by atoms with E-state index in [-0.39, 0.29) is 17.2 Å². The topological polar surface area (TPSA) is 52.0 Å². The third kappa shape index (κ3) is 3.60. The minimum atomic E-state index is -0.362. The van der Waals surface area contributed by atoms with Crippen molar-refractivity contribution < 1.29 is 9.18 Å². The van der Waals surface area contributed by atoms with Crippen LogP contribution in [0.4, 0.5) is 4.39 Å². The van der Waals surface area contributed by atoms with E-state index in [9.17, 15) is 14.0 Å². The van der Waals surface area contributed by atoms with Crippen molar-refractivity contribution in [1.29, 1.82) is 0 Å². The van der Waals surface area contributed by atoms with Crippen LogP contribution in [0, 0.1) is 12.7 Å². The number of carbonyl (C=O) groups excluding carboxylic acids is 1. The van der Waals surface area contributed by atoms with Gasteiger partial charge in [0.15, 0.2) is 5.78 Å². The molecule has 1 aromatic carbocycles. The number of aromatic nitrogens is 2. The van der Waals surface area contributed by atoms with Gasteiger partial charge in [-0.2, -0.15) is 0 Å². The Bertz CT molecular complexity index is 662. The van der Waals surface area contributed by atoms with Gasteiger partial charge in [-0.15, -0.1) is 0 Å². The second-order valence-electron chi connectivity index (χ2n) is 4.60. The van der Waals surface area contributed by atoms with Gasteiger partial charge in [-0.05, 0) is 37.6 Å². The first-order valence-electron chi connectivity index (χ1n) is 6.38. The number of hydrogen-bond donors (Lipinski definition) is 0. The van der Waals surface area contributed by atoms with Gasteiger partial charge in [-0.3, -0.25) is 14.2 Å². The van der Waals surface area contributed by atoms with Crippen LogP contribution >= 0.6 is 0 Å². The van der Waals surface area contributed by atoms with E-state index in [0.29, 0.717) is 30.6 Å². The van der Waals surface area contributed by atoms with Gasteiger partial charge in [0.05, 0.1) is 6.33 Å². The Morgan fingerprint density at radius 3 is 2.65 bits per heavy atom. The van der Waals surface area contributed by atoms with E-state index < -0.39 is 0 Å². The second kappa shape index (κ2) is 6.23. The standard InChI is InChI=1S/C15H15FN2O2/c1-11-9-15(20)18(10-17-11)8-2-3-14(19)12-4-6-13(16)7-5-12/h4-7,9-10H,2-3,8H2,1H3. The molecule has 0 fully saturated rings. The van der Waals surface area contributed by atoms with Gasteiger partial charge in [0.2, 0.25) is 0 Å². The highest BCUT2D eigenvalue weighted by molar-refractivity contribution is 5.95. The second-order valence-corrected chi connectivity index (χ2v) is 4.60. The third-order valence-corrected chi connectivity index (χ3v) is 2.99. The van der Waals surface area contributed by atoms with Crippen LogP contribution in [0.2, 0.25) is 0 Å². The van der Waals surface area contributed by atoms with Crippen molar-refractivity contribution in [2.24, 2.45) is 0 Å². The van der Waals surface area contributed by atoms with Crippen LogP contribution < -0.4 is 5.56 Å². The third-order valence-electron chi connectivity index (χ3n) is 2.99. The van der Waals surface area contributed by atoms with E-state index in [1.54, 1.807) is 6.92 Å². The molecular weight excluding hydrogens is 259 g/mol. The zero-order valence-corrected chi connectivity index (χ0v) is 11.2. The summed E-state index contributed by atoms with van der Waals surface area (Å²) in [5.74, 6) is -0.419. The lowest BCUT2D eigenvalue weighted by Crippen LogP contribution is -2.20. The fourth-order valence-electron chi connectivity index (χ4n) is 1.87. The highest BCUT2D eigenvalue weighted by atomic mass is 19.1. The minimum Gasteiger partial charge on any atom is -0.299 e. The maximum Gasteiger partial charge on any atom is 0.253 e. The summed E-state index contributed by atoms with van der Waals surface area (Å²) in [5.41, 5.74) is 1.04. The van der Waals surface area contributed by atoms with Crippen molar-refractivity contribution in [2.75, 3.05) is 0 Å². The molecule has 5 heteroatoms. The summed E-state index contributed by atoms with van der Waals surface area (Å²) in [5, 5.41) is 0. The molecule has 20 heavy (non-hydrogen) atoms. The van der Waals surface area contributed by atoms with E-state index in [0.717, 1.165) is 0 Å². The monoisotopic (exact) mass is 274 g/mol. The molecule has 1 aromatic heterocycles. The van der Waals surface area contributed by atoms with E-state index >= 15 is 0 Å². The van der Waals surface area contributed by atoms with Crippen molar-refractivity contribution in [2.45, 2.75) is 26.3 Å². The van der Waals surface area contributed by atoms with Crippen molar-refractivity contribution >= 4 is 5.78 Å². The maximum absolute atomic E-state index is 12.7. The number of carbonyl (C=O) groups is 1. The number of hydrogen-bond acceptors (Lipinski definition) is 3. The number of ketones is 1. The molecule has 0 saturated carbocycles. The van der Waals surface area contributed by atoms with Crippen molar-refractivity contribution in [3.63, 3.8) is 0 Å². The van der Waals surface area contributed by atoms with Crippen LogP contribution in [0.1, 0.15) is 28.9 Å². The number of nitrogens with zero attached hydrogens (tertiary/aromatic N) is 2. The molecule has 0 spiro atoms. The largest absolute Gasteiger partial charge is 0.299 e. The predicted molar refractivity (Wildman–Crippen MR) is 73.2 cm³/mol. The molecule has 0 N–H and O–H groups in total. The van der Waals surface area contributed by atoms with Gasteiger partial charge < -0.3 is 0 Å². The summed E-state index contributed by atoms with van der Waals surface area (Å²) >= 11 is 0. The van der Waals surface area contributed by atoms with Crippen LogP contribution in [0.25, 0.3) is 0 Å². The number of Topliss-reactive ketones (excluding diaryl/α,β-unsaturated/α-hetero) is 1. The Morgan fingerprint density at radius 1 is 1.30 bits per heavy atom. The molecule has 104 valence electrons. The fraction of sp³-hybridized carbons (Fsp3) is 0.267. The number of benzene rings is 1. The summed E-state index contributed by atoms with van der Waals surface area (Å²) in [6.45, 7) is 2.20. The first kappa shape index (κ1) is 14.1. The van der Waals surface area contributed by atoms with Crippen LogP contribution in [0.5, 0.6) is 0 Å². The van der Waals surface area contributed by atoms with Gasteiger partial charge in [-0.25, -0.2) is 9.37 Å². The summed E-state index contributed by atoms with van der Waals surface area (Å²) < 4.78 is 14.2. The quantitative estimate of drug-likeness (QED) is 0.786. The molecule has 0 amide bonds. The Kier molecular flexibility index (Phi) is 4.40. The predicted octanol–water partition coefficient (Wildman–Crippen LogP) is 2.35. The van der Waals surface area contributed by atoms with E-state index in [1.807, 2.05) is 0 Å². The van der Waals surface area contributed by atoms with E-state index in [4.69, 9.17) is 0 Å². The molecular formula is C15H15FN2O2. The first-order chi connectivity index (χ1) is 9.56. The molecule has 0 unspecified atom stereocenters. The molecule has 0 atom stereocenters. The molecule has 0 radical (unpaired) electrons. The normalized spacial score (nSPS) is 10.5. The summed E-state index contributed by atoms with van der Waals surface area (Å²) in [6, 6.07) is 6.93. The lowest BCUT2D eigenvalue weighted by atomic mass is 10.1. The Hall–Kier alpha value is -2.30. The van der Waals surface area contributed by atoms with Crippen LogP contribution in [0.3, 0.4) is 0 Å². The molecule has 0 aliphatic carbocycles. The molecule has 0 aliphatic rings. The Balaban J connectivity index is 1.91. The van der Waals surface area contributed by atoms with Gasteiger partial charge in [0.1, 0.15) is 5.82 Å². The van der Waals surface area contributed by atoms with Crippen LogP contribution in [0.15, 0.2) is 41.5 Å². The average Bonchev–Trinajstić information content (AvgIpc) is 2.42. The summed E-state index contributed by atoms with van der Waals surface area (Å²) in [6.07, 6.45) is 2.34. The molecule has 1 heterocycles. The highest BCUT2D eigenvalue weighted by Crippen LogP contribution is 2.07. The molecule has 4 nitrogen and oxygen atoms in total. The van der Waals surface area contributed by atoms with Crippen molar-refractivity contribution in [3.05, 3.63) is 64.1 Å². The first-order valence-corrected chi connectivity index (χ1v) is 6.38. The van der Waals surface area contributed by atoms with E-state index in [2.05, 4.69) is 4.98 Å². The average molecular weight is 274 g/mol. The SMILES string of the molecule is Cc1cc(=O)n(CCCC(=O)c2ccc(F)cc2)cn1. The molecule has 0 saturated heterocycles. The zero-order valence-electron chi connectivity index (χ0n) is 11.2. The number of halogens is 1. The molecule has 2 rings (SSSR count). The lowest BCUT2D eigenvalue weighted by Gasteiger charge is -2.05. The Morgan fingerprint density at radius 2 is 2.00 bits per heavy atom. The van der Waals surface area contributed by atoms with Crippen LogP contribution in [-0.2, 0) is 6.54 Å². The summed E-state index contributed by atoms with van der Waals surface area (Å²) in [7, 11) is 0. The number of aryl methyl sites for hydroxylation is 2. The molecule has 2 aromatic rings. The van der Waals surface area contributed by atoms with Gasteiger partial charge in [0.25, 0.3) is 5.56 Å². The van der Waals surface area contributed by atoms with E-state index in [1.165, 1.54) is 41.2 Å².